The third-order valence-electron chi connectivity index (χ3n) is 15.4. The summed E-state index contributed by atoms with van der Waals surface area (Å²) in [7, 11) is 4.36. The van der Waals surface area contributed by atoms with Crippen molar-refractivity contribution in [3.05, 3.63) is 94.5 Å². The van der Waals surface area contributed by atoms with Gasteiger partial charge in [-0.25, -0.2) is 9.97 Å². The Morgan fingerprint density at radius 2 is 1.39 bits per heavy atom. The quantitative estimate of drug-likeness (QED) is 0.0297. The van der Waals surface area contributed by atoms with Crippen molar-refractivity contribution in [1.82, 2.24) is 30.0 Å². The van der Waals surface area contributed by atoms with Crippen molar-refractivity contribution in [2.24, 2.45) is 11.3 Å². The van der Waals surface area contributed by atoms with E-state index in [1.165, 1.54) is 51.6 Å². The number of rotatable bonds is 34. The molecule has 0 spiro atoms. The first-order chi connectivity index (χ1) is 37.3. The molecule has 1 saturated heterocycles. The maximum Gasteiger partial charge on any atom is 0.220 e. The summed E-state index contributed by atoms with van der Waals surface area (Å²) in [6.07, 6.45) is 10.9. The molecule has 77 heavy (non-hydrogen) atoms. The third kappa shape index (κ3) is 18.8. The van der Waals surface area contributed by atoms with E-state index in [-0.39, 0.29) is 11.7 Å². The highest BCUT2D eigenvalue weighted by atomic mass is 16.6. The van der Waals surface area contributed by atoms with Gasteiger partial charge in [0.25, 0.3) is 0 Å². The number of aryl methyl sites for hydroxylation is 3. The predicted molar refractivity (Wildman–Crippen MR) is 307 cm³/mol. The van der Waals surface area contributed by atoms with E-state index in [9.17, 15) is 9.59 Å². The number of hydrogen-bond acceptors (Lipinski definition) is 14. The van der Waals surface area contributed by atoms with Gasteiger partial charge in [-0.15, -0.1) is 0 Å². The second-order valence-corrected chi connectivity index (χ2v) is 22.4. The number of ether oxygens (including phenoxy) is 5. The van der Waals surface area contributed by atoms with E-state index in [1.807, 2.05) is 50.2 Å². The number of para-hydroxylation sites is 2. The van der Waals surface area contributed by atoms with Crippen LogP contribution in [-0.4, -0.2) is 162 Å². The molecule has 1 saturated carbocycles. The van der Waals surface area contributed by atoms with E-state index in [2.05, 4.69) is 84.5 Å². The largest absolute Gasteiger partial charge is 0.493 e. The van der Waals surface area contributed by atoms with Gasteiger partial charge in [0.15, 0.2) is 5.78 Å². The lowest BCUT2D eigenvalue weighted by molar-refractivity contribution is -0.121. The van der Waals surface area contributed by atoms with Crippen molar-refractivity contribution >= 4 is 39.4 Å². The Hall–Kier alpha value is -5.00. The maximum absolute atomic E-state index is 14.1. The molecule has 1 amide bonds. The second kappa shape index (κ2) is 31.0. The first-order valence-corrected chi connectivity index (χ1v) is 28.8. The molecule has 2 aromatic heterocycles. The first-order valence-electron chi connectivity index (χ1n) is 28.8. The van der Waals surface area contributed by atoms with Crippen LogP contribution in [0.25, 0.3) is 21.9 Å². The van der Waals surface area contributed by atoms with E-state index < -0.39 is 0 Å². The molecular weight excluding hydrogens is 971 g/mol. The molecule has 0 unspecified atom stereocenters. The van der Waals surface area contributed by atoms with Crippen molar-refractivity contribution in [2.45, 2.75) is 118 Å². The Labute approximate surface area is 459 Å². The number of benzene rings is 3. The number of nitrogens with one attached hydrogen (secondary N) is 2. The number of furan rings is 1. The molecule has 5 aromatic rings. The molecule has 0 atom stereocenters. The van der Waals surface area contributed by atoms with E-state index in [4.69, 9.17) is 38.1 Å². The highest BCUT2D eigenvalue weighted by Gasteiger charge is 2.31. The molecule has 2 aliphatic rings. The minimum atomic E-state index is -0.0866. The van der Waals surface area contributed by atoms with Gasteiger partial charge in [0.1, 0.15) is 28.7 Å². The Balaban J connectivity index is 0.680. The molecule has 0 radical (unpaired) electrons. The van der Waals surface area contributed by atoms with Crippen molar-refractivity contribution in [1.29, 1.82) is 0 Å². The number of anilines is 1. The SMILES string of the molecule is Cc1cc(C(=O)c2c(CCCC(=O)NCCOCCOCCOCCOCCN(C)CCCNc3nc(CN(C)C4CCC(C(C)(C)C)CC4)nc4ccccc34)oc3ccccc23)cc(C)c1OCCCN1CCCC1. The molecule has 3 heterocycles. The average molecular weight is 1060 g/mol. The van der Waals surface area contributed by atoms with Crippen LogP contribution in [0, 0.1) is 25.2 Å². The third-order valence-corrected chi connectivity index (χ3v) is 15.4. The lowest BCUT2D eigenvalue weighted by Gasteiger charge is -2.39. The zero-order valence-corrected chi connectivity index (χ0v) is 47.7. The summed E-state index contributed by atoms with van der Waals surface area (Å²) < 4.78 is 35.3. The maximum atomic E-state index is 14.1. The smallest absolute Gasteiger partial charge is 0.220 e. The van der Waals surface area contributed by atoms with Crippen LogP contribution in [0.1, 0.15) is 124 Å². The second-order valence-electron chi connectivity index (χ2n) is 22.4. The topological polar surface area (TPSA) is 153 Å². The van der Waals surface area contributed by atoms with Gasteiger partial charge in [0.2, 0.25) is 5.91 Å². The molecule has 1 aliphatic carbocycles. The molecule has 2 fully saturated rings. The van der Waals surface area contributed by atoms with E-state index in [0.717, 1.165) is 96.3 Å². The number of likely N-dealkylation sites (N-methyl/N-ethyl adjacent to an activating group) is 1. The zero-order valence-electron chi connectivity index (χ0n) is 47.7. The number of amides is 1. The molecule has 1 aliphatic heterocycles. The predicted octanol–water partition coefficient (Wildman–Crippen LogP) is 10.1. The van der Waals surface area contributed by atoms with Crippen LogP contribution in [0.2, 0.25) is 0 Å². The molecule has 422 valence electrons. The number of carbonyl (C=O) groups excluding carboxylic acids is 2. The Bertz CT molecular complexity index is 2560. The highest BCUT2D eigenvalue weighted by Crippen LogP contribution is 2.39. The molecule has 3 aromatic carbocycles. The average Bonchev–Trinajstić information content (AvgIpc) is 4.11. The summed E-state index contributed by atoms with van der Waals surface area (Å²) in [5.74, 6) is 3.89. The fourth-order valence-corrected chi connectivity index (χ4v) is 10.9. The van der Waals surface area contributed by atoms with Crippen LogP contribution in [0.3, 0.4) is 0 Å². The lowest BCUT2D eigenvalue weighted by Crippen LogP contribution is -2.37. The Morgan fingerprint density at radius 1 is 0.740 bits per heavy atom. The van der Waals surface area contributed by atoms with Crippen molar-refractivity contribution in [3.8, 4) is 5.75 Å². The molecule has 15 heteroatoms. The molecule has 0 bridgehead atoms. The number of aromatic nitrogens is 2. The fraction of sp³-hybridized carbons (Fsp3) is 0.613. The van der Waals surface area contributed by atoms with Crippen LogP contribution < -0.4 is 15.4 Å². The van der Waals surface area contributed by atoms with Crippen LogP contribution in [-0.2, 0) is 36.7 Å². The molecule has 2 N–H and O–H groups in total. The normalized spacial score (nSPS) is 16.3. The minimum Gasteiger partial charge on any atom is -0.493 e. The lowest BCUT2D eigenvalue weighted by atomic mass is 9.71. The van der Waals surface area contributed by atoms with Gasteiger partial charge >= 0.3 is 0 Å². The van der Waals surface area contributed by atoms with Crippen molar-refractivity contribution in [3.63, 3.8) is 0 Å². The molecule has 7 rings (SSSR count). The summed E-state index contributed by atoms with van der Waals surface area (Å²) in [4.78, 5) is 44.1. The fourth-order valence-electron chi connectivity index (χ4n) is 10.9. The van der Waals surface area contributed by atoms with Crippen molar-refractivity contribution in [2.75, 3.05) is 125 Å². The van der Waals surface area contributed by atoms with Gasteiger partial charge in [0, 0.05) is 61.4 Å². The van der Waals surface area contributed by atoms with Gasteiger partial charge in [-0.3, -0.25) is 14.5 Å². The monoisotopic (exact) mass is 1060 g/mol. The van der Waals surface area contributed by atoms with Crippen LogP contribution in [0.5, 0.6) is 5.75 Å². The van der Waals surface area contributed by atoms with Crippen molar-refractivity contribution < 1.29 is 37.7 Å². The minimum absolute atomic E-state index is 0.0716. The summed E-state index contributed by atoms with van der Waals surface area (Å²) in [5, 5.41) is 8.40. The van der Waals surface area contributed by atoms with Crippen LogP contribution in [0.15, 0.2) is 65.1 Å². The Kier molecular flexibility index (Phi) is 24.0. The number of hydrogen-bond donors (Lipinski definition) is 2. The number of ketones is 1. The number of likely N-dealkylation sites (tertiary alicyclic amines) is 1. The number of fused-ring (bicyclic) bond motifs is 2. The van der Waals surface area contributed by atoms with Gasteiger partial charge in [-0.05, 0) is 158 Å². The summed E-state index contributed by atoms with van der Waals surface area (Å²) in [5.41, 5.74) is 5.08. The van der Waals surface area contributed by atoms with E-state index in [0.29, 0.717) is 119 Å². The van der Waals surface area contributed by atoms with Gasteiger partial charge in [0.05, 0.1) is 77.1 Å². The zero-order chi connectivity index (χ0) is 54.4. The first kappa shape index (κ1) is 59.7. The van der Waals surface area contributed by atoms with Gasteiger partial charge < -0.3 is 48.5 Å². The summed E-state index contributed by atoms with van der Waals surface area (Å²) in [6, 6.07) is 20.3. The van der Waals surface area contributed by atoms with Gasteiger partial charge in [-0.2, -0.15) is 0 Å². The van der Waals surface area contributed by atoms with Crippen LogP contribution >= 0.6 is 0 Å². The molecule has 15 nitrogen and oxygen atoms in total. The molecular formula is C62H91N7O8. The van der Waals surface area contributed by atoms with E-state index in [1.54, 1.807) is 0 Å². The van der Waals surface area contributed by atoms with Gasteiger partial charge in [-0.1, -0.05) is 51.1 Å². The van der Waals surface area contributed by atoms with E-state index >= 15 is 0 Å². The number of nitrogens with zero attached hydrogens (tertiary/aromatic N) is 5. The summed E-state index contributed by atoms with van der Waals surface area (Å²) in [6.45, 7) is 22.9. The standard InChI is InChI=1S/C62H91N7O8/c1-46-43-48(44-47(2)60(46)76-34-16-32-69-30-12-13-31-69)59(71)58-52-18-9-11-20-54(52)77-55(58)21-14-22-57(70)63-28-35-72-37-39-74-41-42-75-40-38-73-36-33-67(6)29-15-27-64-61-51-17-8-10-19-53(51)65-56(66-61)45-68(7)50-25-23-49(24-26-50)62(3,4)5/h8-11,17-20,43-44,49-50H,12-16,21-42,45H2,1-7H3,(H,63,70)(H,64,65,66). The number of carbonyl (C=O) groups is 2. The Morgan fingerprint density at radius 3 is 2.09 bits per heavy atom. The highest BCUT2D eigenvalue weighted by molar-refractivity contribution is 6.17. The van der Waals surface area contributed by atoms with Crippen LogP contribution in [0.4, 0.5) is 5.82 Å². The summed E-state index contributed by atoms with van der Waals surface area (Å²) >= 11 is 0.